The lowest BCUT2D eigenvalue weighted by Crippen LogP contribution is -2.52. The summed E-state index contributed by atoms with van der Waals surface area (Å²) in [5.41, 5.74) is 5.15. The maximum atomic E-state index is 13.6. The van der Waals surface area contributed by atoms with Gasteiger partial charge in [0.15, 0.2) is 0 Å². The average molecular weight is 416 g/mol. The van der Waals surface area contributed by atoms with Gasteiger partial charge in [-0.25, -0.2) is 18.7 Å². The standard InChI is InChI=1S/C21H22F2N4O3/c1-21(30-18-8-16(19(24)28)25-11-26-18)9-13(10-21)20(29)27-4-2-3-17(27)12-5-14(22)7-15(23)6-12/h5-8,11,13,17H,2-4,9-10H2,1H3,(H2,24,28). The molecule has 1 aliphatic heterocycles. The highest BCUT2D eigenvalue weighted by Gasteiger charge is 2.49. The first kappa shape index (κ1) is 20.2. The van der Waals surface area contributed by atoms with E-state index in [4.69, 9.17) is 10.5 Å². The molecule has 1 aromatic heterocycles. The van der Waals surface area contributed by atoms with Crippen molar-refractivity contribution in [2.45, 2.75) is 44.2 Å². The van der Waals surface area contributed by atoms with Crippen LogP contribution < -0.4 is 10.5 Å². The number of primary amides is 1. The Labute approximate surface area is 172 Å². The molecule has 1 atom stereocenters. The number of ether oxygens (including phenoxy) is 1. The van der Waals surface area contributed by atoms with Gasteiger partial charge in [0.05, 0.1) is 6.04 Å². The fraction of sp³-hybridized carbons (Fsp3) is 0.429. The van der Waals surface area contributed by atoms with Crippen molar-refractivity contribution < 1.29 is 23.1 Å². The van der Waals surface area contributed by atoms with E-state index < -0.39 is 23.1 Å². The summed E-state index contributed by atoms with van der Waals surface area (Å²) >= 11 is 0. The summed E-state index contributed by atoms with van der Waals surface area (Å²) in [6.07, 6.45) is 3.61. The zero-order chi connectivity index (χ0) is 21.5. The Morgan fingerprint density at radius 1 is 1.17 bits per heavy atom. The van der Waals surface area contributed by atoms with Crippen LogP contribution in [-0.4, -0.2) is 38.8 Å². The van der Waals surface area contributed by atoms with Crippen molar-refractivity contribution in [3.05, 3.63) is 53.5 Å². The summed E-state index contributed by atoms with van der Waals surface area (Å²) in [4.78, 5) is 33.8. The molecule has 1 saturated heterocycles. The third-order valence-corrected chi connectivity index (χ3v) is 5.76. The summed E-state index contributed by atoms with van der Waals surface area (Å²) in [7, 11) is 0. The maximum absolute atomic E-state index is 13.6. The van der Waals surface area contributed by atoms with Crippen LogP contribution >= 0.6 is 0 Å². The first-order valence-electron chi connectivity index (χ1n) is 9.81. The minimum atomic E-state index is -0.678. The van der Waals surface area contributed by atoms with E-state index in [1.807, 2.05) is 6.92 Å². The molecule has 2 heterocycles. The van der Waals surface area contributed by atoms with E-state index >= 15 is 0 Å². The first-order chi connectivity index (χ1) is 14.2. The number of nitrogens with two attached hydrogens (primary N) is 1. The van der Waals surface area contributed by atoms with Crippen LogP contribution in [0.25, 0.3) is 0 Å². The smallest absolute Gasteiger partial charge is 0.267 e. The van der Waals surface area contributed by atoms with Gasteiger partial charge in [-0.1, -0.05) is 0 Å². The van der Waals surface area contributed by atoms with E-state index in [-0.39, 0.29) is 29.4 Å². The van der Waals surface area contributed by atoms with E-state index in [2.05, 4.69) is 9.97 Å². The topological polar surface area (TPSA) is 98.4 Å². The number of aromatic nitrogens is 2. The molecule has 2 aromatic rings. The van der Waals surface area contributed by atoms with Crippen LogP contribution in [0.2, 0.25) is 0 Å². The molecule has 30 heavy (non-hydrogen) atoms. The molecule has 158 valence electrons. The molecule has 1 unspecified atom stereocenters. The lowest BCUT2D eigenvalue weighted by Gasteiger charge is -2.45. The van der Waals surface area contributed by atoms with Gasteiger partial charge in [-0.15, -0.1) is 0 Å². The number of likely N-dealkylation sites (tertiary alicyclic amines) is 1. The number of nitrogens with zero attached hydrogens (tertiary/aromatic N) is 3. The van der Waals surface area contributed by atoms with Crippen LogP contribution in [0.5, 0.6) is 5.88 Å². The van der Waals surface area contributed by atoms with Crippen LogP contribution in [0.1, 0.15) is 54.7 Å². The second-order valence-electron chi connectivity index (χ2n) is 8.16. The van der Waals surface area contributed by atoms with Crippen molar-refractivity contribution in [2.24, 2.45) is 11.7 Å². The van der Waals surface area contributed by atoms with Gasteiger partial charge in [-0.3, -0.25) is 9.59 Å². The number of halogens is 2. The molecular weight excluding hydrogens is 394 g/mol. The molecule has 9 heteroatoms. The van der Waals surface area contributed by atoms with E-state index in [1.54, 1.807) is 4.90 Å². The minimum Gasteiger partial charge on any atom is -0.471 e. The average Bonchev–Trinajstić information content (AvgIpc) is 3.14. The minimum absolute atomic E-state index is 0.0382. The summed E-state index contributed by atoms with van der Waals surface area (Å²) < 4.78 is 33.2. The van der Waals surface area contributed by atoms with Gasteiger partial charge < -0.3 is 15.4 Å². The Bertz CT molecular complexity index is 974. The Morgan fingerprint density at radius 3 is 2.53 bits per heavy atom. The predicted octanol–water partition coefficient (Wildman–Crippen LogP) is 2.76. The van der Waals surface area contributed by atoms with Crippen molar-refractivity contribution in [2.75, 3.05) is 6.54 Å². The summed E-state index contributed by atoms with van der Waals surface area (Å²) in [5, 5.41) is 0. The number of carbonyl (C=O) groups is 2. The highest BCUT2D eigenvalue weighted by atomic mass is 19.1. The van der Waals surface area contributed by atoms with Gasteiger partial charge >= 0.3 is 0 Å². The van der Waals surface area contributed by atoms with Crippen molar-refractivity contribution in [1.82, 2.24) is 14.9 Å². The van der Waals surface area contributed by atoms with Gasteiger partial charge in [0.25, 0.3) is 5.91 Å². The van der Waals surface area contributed by atoms with Crippen LogP contribution in [0.4, 0.5) is 8.78 Å². The van der Waals surface area contributed by atoms with E-state index in [9.17, 15) is 18.4 Å². The van der Waals surface area contributed by atoms with Crippen molar-refractivity contribution in [3.63, 3.8) is 0 Å². The molecule has 1 aliphatic carbocycles. The predicted molar refractivity (Wildman–Crippen MR) is 102 cm³/mol. The van der Waals surface area contributed by atoms with E-state index in [0.717, 1.165) is 12.5 Å². The number of rotatable bonds is 5. The Hall–Kier alpha value is -3.10. The van der Waals surface area contributed by atoms with E-state index in [0.29, 0.717) is 31.4 Å². The third kappa shape index (κ3) is 3.96. The van der Waals surface area contributed by atoms with Gasteiger partial charge in [0.2, 0.25) is 11.8 Å². The Kier molecular flexibility index (Phi) is 5.13. The molecule has 4 rings (SSSR count). The normalized spacial score (nSPS) is 25.6. The summed E-state index contributed by atoms with van der Waals surface area (Å²) in [5.74, 6) is -2.03. The van der Waals surface area contributed by atoms with Gasteiger partial charge in [-0.05, 0) is 50.3 Å². The third-order valence-electron chi connectivity index (χ3n) is 5.76. The first-order valence-corrected chi connectivity index (χ1v) is 9.81. The molecule has 2 amide bonds. The zero-order valence-corrected chi connectivity index (χ0v) is 16.5. The second kappa shape index (κ2) is 7.62. The summed E-state index contributed by atoms with van der Waals surface area (Å²) in [6, 6.07) is 4.46. The second-order valence-corrected chi connectivity index (χ2v) is 8.16. The van der Waals surface area contributed by atoms with E-state index in [1.165, 1.54) is 24.5 Å². The monoisotopic (exact) mass is 416 g/mol. The molecule has 0 radical (unpaired) electrons. The van der Waals surface area contributed by atoms with Crippen LogP contribution in [0.15, 0.2) is 30.6 Å². The number of hydrogen-bond donors (Lipinski definition) is 1. The number of amides is 2. The molecule has 2 fully saturated rings. The molecule has 0 spiro atoms. The van der Waals surface area contributed by atoms with Crippen molar-refractivity contribution in [1.29, 1.82) is 0 Å². The lowest BCUT2D eigenvalue weighted by atomic mass is 9.71. The summed E-state index contributed by atoms with van der Waals surface area (Å²) in [6.45, 7) is 2.43. The molecule has 7 nitrogen and oxygen atoms in total. The van der Waals surface area contributed by atoms with Crippen molar-refractivity contribution in [3.8, 4) is 5.88 Å². The Balaban J connectivity index is 1.42. The maximum Gasteiger partial charge on any atom is 0.267 e. The van der Waals surface area contributed by atoms with Crippen LogP contribution in [-0.2, 0) is 4.79 Å². The molecular formula is C21H22F2N4O3. The number of carbonyl (C=O) groups excluding carboxylic acids is 2. The Morgan fingerprint density at radius 2 is 1.87 bits per heavy atom. The highest BCUT2D eigenvalue weighted by Crippen LogP contribution is 2.44. The fourth-order valence-corrected chi connectivity index (χ4v) is 4.40. The largest absolute Gasteiger partial charge is 0.471 e. The number of hydrogen-bond acceptors (Lipinski definition) is 5. The fourth-order valence-electron chi connectivity index (χ4n) is 4.40. The molecule has 1 aromatic carbocycles. The number of benzene rings is 1. The quantitative estimate of drug-likeness (QED) is 0.808. The van der Waals surface area contributed by atoms with Gasteiger partial charge in [-0.2, -0.15) is 0 Å². The molecule has 2 N–H and O–H groups in total. The zero-order valence-electron chi connectivity index (χ0n) is 16.5. The van der Waals surface area contributed by atoms with Crippen molar-refractivity contribution >= 4 is 11.8 Å². The molecule has 0 bridgehead atoms. The van der Waals surface area contributed by atoms with Gasteiger partial charge in [0, 0.05) is 24.6 Å². The lowest BCUT2D eigenvalue weighted by molar-refractivity contribution is -0.148. The molecule has 2 aliphatic rings. The van der Waals surface area contributed by atoms with Crippen LogP contribution in [0, 0.1) is 17.6 Å². The van der Waals surface area contributed by atoms with Gasteiger partial charge in [0.1, 0.15) is 29.3 Å². The SMILES string of the molecule is CC1(Oc2cc(C(N)=O)ncn2)CC(C(=O)N2CCCC2c2cc(F)cc(F)c2)C1. The highest BCUT2D eigenvalue weighted by molar-refractivity contribution is 5.90. The van der Waals surface area contributed by atoms with Crippen LogP contribution in [0.3, 0.4) is 0 Å². The molecule has 1 saturated carbocycles.